The Balaban J connectivity index is 1.64. The molecule has 2 fully saturated rings. The lowest BCUT2D eigenvalue weighted by atomic mass is 10.2. The molecule has 1 aliphatic carbocycles. The van der Waals surface area contributed by atoms with E-state index in [4.69, 9.17) is 4.74 Å². The van der Waals surface area contributed by atoms with Crippen molar-refractivity contribution < 1.29 is 13.2 Å². The number of ether oxygens (including phenoxy) is 1. The molecule has 1 saturated carbocycles. The van der Waals surface area contributed by atoms with E-state index in [0.717, 1.165) is 37.9 Å². The van der Waals surface area contributed by atoms with Crippen LogP contribution in [0, 0.1) is 0 Å². The molecule has 5 nitrogen and oxygen atoms in total. The highest BCUT2D eigenvalue weighted by Gasteiger charge is 2.37. The van der Waals surface area contributed by atoms with E-state index >= 15 is 0 Å². The molecule has 0 bridgehead atoms. The van der Waals surface area contributed by atoms with Crippen LogP contribution in [0.3, 0.4) is 0 Å². The maximum atomic E-state index is 12.6. The average molecular weight is 310 g/mol. The van der Waals surface area contributed by atoms with Gasteiger partial charge < -0.3 is 4.74 Å². The largest absolute Gasteiger partial charge is 0.378 e. The van der Waals surface area contributed by atoms with Gasteiger partial charge >= 0.3 is 0 Å². The quantitative estimate of drug-likeness (QED) is 0.772. The van der Waals surface area contributed by atoms with Crippen LogP contribution in [0.25, 0.3) is 0 Å². The third-order valence-corrected chi connectivity index (χ3v) is 5.99. The van der Waals surface area contributed by atoms with E-state index in [1.54, 1.807) is 16.7 Å². The Morgan fingerprint density at radius 1 is 1.33 bits per heavy atom. The zero-order chi connectivity index (χ0) is 14.7. The normalized spacial score (nSPS) is 22.8. The van der Waals surface area contributed by atoms with Crippen molar-refractivity contribution in [1.29, 1.82) is 0 Å². The topological polar surface area (TPSA) is 59.5 Å². The molecular formula is C15H22N2O3S. The van der Waals surface area contributed by atoms with Crippen LogP contribution >= 0.6 is 0 Å². The number of hydrogen-bond acceptors (Lipinski definition) is 4. The fourth-order valence-corrected chi connectivity index (χ4v) is 4.56. The van der Waals surface area contributed by atoms with Crippen LogP contribution in [0.5, 0.6) is 0 Å². The van der Waals surface area contributed by atoms with Gasteiger partial charge in [-0.2, -0.15) is 4.31 Å². The first-order valence-corrected chi connectivity index (χ1v) is 9.26. The molecule has 1 atom stereocenters. The van der Waals surface area contributed by atoms with Crippen molar-refractivity contribution in [1.82, 2.24) is 9.29 Å². The summed E-state index contributed by atoms with van der Waals surface area (Å²) in [6.07, 6.45) is 8.16. The standard InChI is InChI=1S/C15H22N2O3S/c18-21(19,10-7-15-4-2-9-20-15)17(14-5-6-14)12-13-3-1-8-16-11-13/h1,3,8,11,14-15H,2,4-7,9-10,12H2/t15-/m0/s1. The summed E-state index contributed by atoms with van der Waals surface area (Å²) in [4.78, 5) is 4.07. The number of sulfonamides is 1. The Morgan fingerprint density at radius 2 is 2.19 bits per heavy atom. The minimum absolute atomic E-state index is 0.124. The summed E-state index contributed by atoms with van der Waals surface area (Å²) in [6.45, 7) is 1.21. The average Bonchev–Trinajstić information content (AvgIpc) is 3.18. The molecule has 1 aromatic heterocycles. The number of nitrogens with zero attached hydrogens (tertiary/aromatic N) is 2. The lowest BCUT2D eigenvalue weighted by Gasteiger charge is -2.22. The van der Waals surface area contributed by atoms with Gasteiger partial charge in [0.05, 0.1) is 11.9 Å². The van der Waals surface area contributed by atoms with Gasteiger partial charge in [-0.15, -0.1) is 0 Å². The Labute approximate surface area is 126 Å². The van der Waals surface area contributed by atoms with E-state index < -0.39 is 10.0 Å². The van der Waals surface area contributed by atoms with Crippen LogP contribution in [0.1, 0.15) is 37.7 Å². The molecular weight excluding hydrogens is 288 g/mol. The summed E-state index contributed by atoms with van der Waals surface area (Å²) in [6, 6.07) is 3.96. The third-order valence-electron chi connectivity index (χ3n) is 4.09. The lowest BCUT2D eigenvalue weighted by molar-refractivity contribution is 0.108. The van der Waals surface area contributed by atoms with Crippen LogP contribution < -0.4 is 0 Å². The summed E-state index contributed by atoms with van der Waals surface area (Å²) in [5, 5.41) is 0. The van der Waals surface area contributed by atoms with E-state index in [9.17, 15) is 8.42 Å². The van der Waals surface area contributed by atoms with E-state index in [2.05, 4.69) is 4.98 Å². The summed E-state index contributed by atoms with van der Waals surface area (Å²) in [7, 11) is -3.22. The molecule has 1 aromatic rings. The van der Waals surface area contributed by atoms with Crippen molar-refractivity contribution in [3.05, 3.63) is 30.1 Å². The van der Waals surface area contributed by atoms with Gasteiger partial charge in [-0.1, -0.05) is 6.07 Å². The second-order valence-electron chi connectivity index (χ2n) is 5.88. The molecule has 0 spiro atoms. The molecule has 3 rings (SSSR count). The number of pyridine rings is 1. The SMILES string of the molecule is O=S(=O)(CC[C@@H]1CCCO1)N(Cc1cccnc1)C1CC1. The summed E-state index contributed by atoms with van der Waals surface area (Å²) >= 11 is 0. The Bertz CT molecular complexity index is 552. The van der Waals surface area contributed by atoms with Gasteiger partial charge in [-0.05, 0) is 43.7 Å². The van der Waals surface area contributed by atoms with Gasteiger partial charge in [-0.3, -0.25) is 4.98 Å². The molecule has 1 aliphatic heterocycles. The zero-order valence-corrected chi connectivity index (χ0v) is 13.0. The van der Waals surface area contributed by atoms with E-state index in [0.29, 0.717) is 13.0 Å². The van der Waals surface area contributed by atoms with Gasteiger partial charge in [-0.25, -0.2) is 8.42 Å². The van der Waals surface area contributed by atoms with Crippen molar-refractivity contribution in [2.75, 3.05) is 12.4 Å². The zero-order valence-electron chi connectivity index (χ0n) is 12.1. The molecule has 116 valence electrons. The van der Waals surface area contributed by atoms with Crippen molar-refractivity contribution in [3.63, 3.8) is 0 Å². The molecule has 0 N–H and O–H groups in total. The van der Waals surface area contributed by atoms with Crippen LogP contribution in [0.4, 0.5) is 0 Å². The van der Waals surface area contributed by atoms with E-state index in [1.807, 2.05) is 12.1 Å². The first kappa shape index (κ1) is 14.9. The minimum Gasteiger partial charge on any atom is -0.378 e. The molecule has 0 aromatic carbocycles. The second-order valence-corrected chi connectivity index (χ2v) is 7.92. The van der Waals surface area contributed by atoms with Crippen molar-refractivity contribution in [2.24, 2.45) is 0 Å². The van der Waals surface area contributed by atoms with Gasteiger partial charge in [0.15, 0.2) is 0 Å². The molecule has 6 heteroatoms. The highest BCUT2D eigenvalue weighted by molar-refractivity contribution is 7.89. The molecule has 0 amide bonds. The molecule has 1 saturated heterocycles. The third kappa shape index (κ3) is 4.02. The number of rotatable bonds is 7. The molecule has 2 heterocycles. The number of hydrogen-bond donors (Lipinski definition) is 0. The molecule has 0 unspecified atom stereocenters. The van der Waals surface area contributed by atoms with Gasteiger partial charge in [0.1, 0.15) is 0 Å². The fourth-order valence-electron chi connectivity index (χ4n) is 2.76. The van der Waals surface area contributed by atoms with Gasteiger partial charge in [0.25, 0.3) is 0 Å². The van der Waals surface area contributed by atoms with E-state index in [-0.39, 0.29) is 17.9 Å². The smallest absolute Gasteiger partial charge is 0.214 e. The predicted molar refractivity (Wildman–Crippen MR) is 80.2 cm³/mol. The molecule has 21 heavy (non-hydrogen) atoms. The Morgan fingerprint density at radius 3 is 2.81 bits per heavy atom. The molecule has 0 radical (unpaired) electrons. The number of aromatic nitrogens is 1. The van der Waals surface area contributed by atoms with Gasteiger partial charge in [0.2, 0.25) is 10.0 Å². The van der Waals surface area contributed by atoms with Crippen molar-refractivity contribution in [2.45, 2.75) is 50.8 Å². The van der Waals surface area contributed by atoms with Crippen LogP contribution in [0.15, 0.2) is 24.5 Å². The van der Waals surface area contributed by atoms with Crippen molar-refractivity contribution in [3.8, 4) is 0 Å². The fraction of sp³-hybridized carbons (Fsp3) is 0.667. The second kappa shape index (κ2) is 6.42. The van der Waals surface area contributed by atoms with Crippen molar-refractivity contribution >= 4 is 10.0 Å². The van der Waals surface area contributed by atoms with Crippen LogP contribution in [-0.4, -0.2) is 42.2 Å². The Hall–Kier alpha value is -0.980. The summed E-state index contributed by atoms with van der Waals surface area (Å²) < 4.78 is 32.4. The maximum Gasteiger partial charge on any atom is 0.214 e. The first-order chi connectivity index (χ1) is 10.1. The predicted octanol–water partition coefficient (Wildman–Crippen LogP) is 1.94. The highest BCUT2D eigenvalue weighted by Crippen LogP contribution is 2.31. The minimum atomic E-state index is -3.22. The monoisotopic (exact) mass is 310 g/mol. The van der Waals surface area contributed by atoms with Crippen LogP contribution in [-0.2, 0) is 21.3 Å². The lowest BCUT2D eigenvalue weighted by Crippen LogP contribution is -2.35. The summed E-state index contributed by atoms with van der Waals surface area (Å²) in [5.74, 6) is 0.189. The maximum absolute atomic E-state index is 12.6. The summed E-state index contributed by atoms with van der Waals surface area (Å²) in [5.41, 5.74) is 0.949. The molecule has 2 aliphatic rings. The Kier molecular flexibility index (Phi) is 4.57. The van der Waals surface area contributed by atoms with Gasteiger partial charge in [0, 0.05) is 31.6 Å². The highest BCUT2D eigenvalue weighted by atomic mass is 32.2. The van der Waals surface area contributed by atoms with E-state index in [1.165, 1.54) is 0 Å². The first-order valence-electron chi connectivity index (χ1n) is 7.65. The van der Waals surface area contributed by atoms with Crippen LogP contribution in [0.2, 0.25) is 0 Å².